The summed E-state index contributed by atoms with van der Waals surface area (Å²) in [4.78, 5) is 0. The van der Waals surface area contributed by atoms with E-state index in [2.05, 4.69) is 72.8 Å². The summed E-state index contributed by atoms with van der Waals surface area (Å²) in [5, 5.41) is 0. The molecule has 1 radical (unpaired) electrons. The zero-order valence-electron chi connectivity index (χ0n) is 13.5. The average Bonchev–Trinajstić information content (AvgIpc) is 2.94. The van der Waals surface area contributed by atoms with Gasteiger partial charge in [-0.05, 0) is 46.2 Å². The van der Waals surface area contributed by atoms with Crippen LogP contribution < -0.4 is 0 Å². The number of fused-ring (bicyclic) bond motifs is 2. The molecule has 4 rings (SSSR count). The van der Waals surface area contributed by atoms with E-state index in [-0.39, 0.29) is 20.4 Å². The fourth-order valence-corrected chi connectivity index (χ4v) is 3.67. The number of hydrogen-bond donors (Lipinski definition) is 0. The Morgan fingerprint density at radius 2 is 1.75 bits per heavy atom. The molecule has 0 bridgehead atoms. The molecule has 0 saturated heterocycles. The molecule has 1 unspecified atom stereocenters. The Bertz CT molecular complexity index is 829. The molecule has 0 amide bonds. The molecule has 121 valence electrons. The van der Waals surface area contributed by atoms with Gasteiger partial charge in [0.15, 0.2) is 0 Å². The van der Waals surface area contributed by atoms with Gasteiger partial charge in [0.2, 0.25) is 0 Å². The van der Waals surface area contributed by atoms with E-state index in [0.29, 0.717) is 12.5 Å². The molecule has 2 aromatic rings. The molecule has 0 spiro atoms. The maximum Gasteiger partial charge on any atom is 0.0210 e. The molecule has 0 aromatic heterocycles. The number of benzene rings is 2. The number of hydrogen-bond acceptors (Lipinski definition) is 0. The van der Waals surface area contributed by atoms with Crippen molar-refractivity contribution in [2.75, 3.05) is 6.54 Å². The maximum absolute atomic E-state index is 7.55. The van der Waals surface area contributed by atoms with Gasteiger partial charge in [0.05, 0.1) is 0 Å². The zero-order valence-corrected chi connectivity index (χ0v) is 16.2. The molecule has 1 atom stereocenters. The summed E-state index contributed by atoms with van der Waals surface area (Å²) in [5.74, 6) is 0.342. The Morgan fingerprint density at radius 1 is 1.00 bits per heavy atom. The quantitative estimate of drug-likeness (QED) is 0.492. The fourth-order valence-electron chi connectivity index (χ4n) is 3.67. The van der Waals surface area contributed by atoms with Crippen molar-refractivity contribution in [3.8, 4) is 0 Å². The summed E-state index contributed by atoms with van der Waals surface area (Å²) < 4.78 is 0. The first-order valence-corrected chi connectivity index (χ1v) is 8.28. The molecule has 2 heteroatoms. The molecular formula is C22H20NRe-. The predicted molar refractivity (Wildman–Crippen MR) is 98.2 cm³/mol. The van der Waals surface area contributed by atoms with Gasteiger partial charge < -0.3 is 5.73 Å². The van der Waals surface area contributed by atoms with Gasteiger partial charge in [-0.25, -0.2) is 0 Å². The second-order valence-corrected chi connectivity index (χ2v) is 6.19. The van der Waals surface area contributed by atoms with E-state index in [9.17, 15) is 0 Å². The van der Waals surface area contributed by atoms with Crippen LogP contribution in [-0.4, -0.2) is 6.54 Å². The number of nitrogens with one attached hydrogen (secondary N) is 1. The second kappa shape index (κ2) is 7.45. The van der Waals surface area contributed by atoms with Gasteiger partial charge in [-0.3, -0.25) is 0 Å². The number of allylic oxidation sites excluding steroid dienone is 5. The molecule has 0 saturated carbocycles. The first-order chi connectivity index (χ1) is 11.4. The molecule has 2 aliphatic carbocycles. The average molecular weight is 485 g/mol. The summed E-state index contributed by atoms with van der Waals surface area (Å²) in [6.07, 6.45) is 11.1. The summed E-state index contributed by atoms with van der Waals surface area (Å²) in [7, 11) is 0. The standard InChI is InChI=1S/C22H20N.Re/c23-13-12-18-15-19(22-11-4-3-10-21(18)22)14-17-8-5-7-16-6-1-2-9-20(16)17;/h1-6,8-11,14-15,17,23H,7,12-13H2;/q-1;/b19-14+;. The maximum atomic E-state index is 7.55. The van der Waals surface area contributed by atoms with Gasteiger partial charge >= 0.3 is 0 Å². The minimum Gasteiger partial charge on any atom is -0.677 e. The third kappa shape index (κ3) is 3.10. The van der Waals surface area contributed by atoms with Crippen LogP contribution in [-0.2, 0) is 26.8 Å². The van der Waals surface area contributed by atoms with Gasteiger partial charge in [-0.15, -0.1) is 6.54 Å². The Hall–Kier alpha value is -1.72. The molecule has 2 aromatic carbocycles. The van der Waals surface area contributed by atoms with Crippen LogP contribution in [0.2, 0.25) is 0 Å². The molecule has 2 aliphatic rings. The van der Waals surface area contributed by atoms with Crippen LogP contribution in [0.1, 0.15) is 34.6 Å². The van der Waals surface area contributed by atoms with Crippen LogP contribution in [0.3, 0.4) is 0 Å². The largest absolute Gasteiger partial charge is 0.677 e. The van der Waals surface area contributed by atoms with Crippen molar-refractivity contribution >= 4 is 11.1 Å². The molecule has 24 heavy (non-hydrogen) atoms. The second-order valence-electron chi connectivity index (χ2n) is 6.19. The van der Waals surface area contributed by atoms with Gasteiger partial charge in [-0.2, -0.15) is 0 Å². The van der Waals surface area contributed by atoms with E-state index in [4.69, 9.17) is 5.73 Å². The molecule has 0 heterocycles. The van der Waals surface area contributed by atoms with Gasteiger partial charge in [-0.1, -0.05) is 72.8 Å². The van der Waals surface area contributed by atoms with E-state index in [1.165, 1.54) is 33.4 Å². The molecular weight excluding hydrogens is 464 g/mol. The summed E-state index contributed by atoms with van der Waals surface area (Å²) in [5.41, 5.74) is 15.6. The number of rotatable bonds is 3. The monoisotopic (exact) mass is 485 g/mol. The van der Waals surface area contributed by atoms with Crippen LogP contribution >= 0.6 is 0 Å². The van der Waals surface area contributed by atoms with Crippen molar-refractivity contribution in [2.45, 2.75) is 18.8 Å². The van der Waals surface area contributed by atoms with Crippen molar-refractivity contribution in [1.82, 2.24) is 0 Å². The topological polar surface area (TPSA) is 23.8 Å². The summed E-state index contributed by atoms with van der Waals surface area (Å²) >= 11 is 0. The normalized spacial score (nSPS) is 19.5. The van der Waals surface area contributed by atoms with Gasteiger partial charge in [0, 0.05) is 26.3 Å². The van der Waals surface area contributed by atoms with Crippen molar-refractivity contribution in [3.05, 3.63) is 101 Å². The first-order valence-electron chi connectivity index (χ1n) is 8.28. The van der Waals surface area contributed by atoms with E-state index in [0.717, 1.165) is 12.8 Å². The summed E-state index contributed by atoms with van der Waals surface area (Å²) in [6, 6.07) is 17.3. The Balaban J connectivity index is 0.00000169. The Labute approximate surface area is 157 Å². The SMILES string of the molecule is [NH-]CCC1=C/C(=C\C2C=CCc3ccccc32)c2ccccc21.[Re]. The smallest absolute Gasteiger partial charge is 0.0210 e. The van der Waals surface area contributed by atoms with E-state index < -0.39 is 0 Å². The predicted octanol–water partition coefficient (Wildman–Crippen LogP) is 5.80. The zero-order chi connectivity index (χ0) is 15.6. The third-order valence-electron chi connectivity index (χ3n) is 4.76. The molecule has 1 N–H and O–H groups in total. The molecule has 1 nitrogen and oxygen atoms in total. The summed E-state index contributed by atoms with van der Waals surface area (Å²) in [6.45, 7) is 0.444. The first kappa shape index (κ1) is 17.1. The van der Waals surface area contributed by atoms with Crippen LogP contribution in [0, 0.1) is 0 Å². The molecule has 0 fully saturated rings. The third-order valence-corrected chi connectivity index (χ3v) is 4.76. The van der Waals surface area contributed by atoms with Gasteiger partial charge in [0.1, 0.15) is 0 Å². The molecule has 0 aliphatic heterocycles. The Morgan fingerprint density at radius 3 is 2.58 bits per heavy atom. The fraction of sp³-hybridized carbons (Fsp3) is 0.182. The van der Waals surface area contributed by atoms with Crippen LogP contribution in [0.25, 0.3) is 16.9 Å². The van der Waals surface area contributed by atoms with Crippen LogP contribution in [0.15, 0.2) is 72.8 Å². The van der Waals surface area contributed by atoms with E-state index in [1.54, 1.807) is 0 Å². The minimum atomic E-state index is 0. The van der Waals surface area contributed by atoms with E-state index in [1.807, 2.05) is 0 Å². The van der Waals surface area contributed by atoms with Crippen molar-refractivity contribution in [1.29, 1.82) is 0 Å². The van der Waals surface area contributed by atoms with Crippen molar-refractivity contribution < 1.29 is 20.4 Å². The van der Waals surface area contributed by atoms with Crippen LogP contribution in [0.5, 0.6) is 0 Å². The van der Waals surface area contributed by atoms with E-state index >= 15 is 0 Å². The van der Waals surface area contributed by atoms with Crippen LogP contribution in [0.4, 0.5) is 0 Å². The Kier molecular flexibility index (Phi) is 5.31. The van der Waals surface area contributed by atoms with Crippen molar-refractivity contribution in [2.24, 2.45) is 0 Å². The van der Waals surface area contributed by atoms with Gasteiger partial charge in [0.25, 0.3) is 0 Å². The minimum absolute atomic E-state index is 0. The van der Waals surface area contributed by atoms with Crippen molar-refractivity contribution in [3.63, 3.8) is 0 Å².